The molecule has 0 N–H and O–H groups in total. The minimum atomic E-state index is -3.46. The zero-order valence-corrected chi connectivity index (χ0v) is 6.75. The van der Waals surface area contributed by atoms with E-state index < -0.39 is 10.0 Å². The van der Waals surface area contributed by atoms with Crippen LogP contribution in [0.2, 0.25) is 0 Å². The zero-order valence-electron chi connectivity index (χ0n) is 5.93. The van der Waals surface area contributed by atoms with Crippen LogP contribution in [0.1, 0.15) is 0 Å². The van der Waals surface area contributed by atoms with E-state index >= 15 is 0 Å². The molecule has 1 heterocycles. The van der Waals surface area contributed by atoms with Crippen molar-refractivity contribution in [3.05, 3.63) is 24.3 Å². The molecule has 0 amide bonds. The Kier molecular flexibility index (Phi) is 1.18. The number of nitrogens with zero attached hydrogens (tertiary/aromatic N) is 2. The number of para-hydroxylation sites is 1. The summed E-state index contributed by atoms with van der Waals surface area (Å²) in [6.07, 6.45) is 1.59. The van der Waals surface area contributed by atoms with Crippen molar-refractivity contribution in [1.82, 2.24) is 0 Å². The van der Waals surface area contributed by atoms with Crippen molar-refractivity contribution >= 4 is 15.7 Å². The van der Waals surface area contributed by atoms with Gasteiger partial charge in [-0.05, 0) is 12.1 Å². The number of hydrogen-bond donors (Lipinski definition) is 0. The van der Waals surface area contributed by atoms with Crippen molar-refractivity contribution in [2.45, 2.75) is 4.90 Å². The van der Waals surface area contributed by atoms with Gasteiger partial charge in [0.15, 0.2) is 6.19 Å². The van der Waals surface area contributed by atoms with Crippen molar-refractivity contribution < 1.29 is 8.42 Å². The lowest BCUT2D eigenvalue weighted by atomic mass is 10.3. The van der Waals surface area contributed by atoms with E-state index in [2.05, 4.69) is 0 Å². The molecule has 4 nitrogen and oxygen atoms in total. The largest absolute Gasteiger partial charge is 0.279 e. The van der Waals surface area contributed by atoms with Gasteiger partial charge < -0.3 is 0 Å². The van der Waals surface area contributed by atoms with Crippen LogP contribution < -0.4 is 4.31 Å². The normalized spacial score (nSPS) is 17.4. The van der Waals surface area contributed by atoms with E-state index in [0.29, 0.717) is 9.99 Å². The first-order chi connectivity index (χ1) is 5.68. The van der Waals surface area contributed by atoms with Gasteiger partial charge >= 0.3 is 0 Å². The van der Waals surface area contributed by atoms with Crippen molar-refractivity contribution in [3.8, 4) is 6.19 Å². The van der Waals surface area contributed by atoms with Gasteiger partial charge in [0.2, 0.25) is 0 Å². The minimum absolute atomic E-state index is 0.228. The third-order valence-corrected chi connectivity index (χ3v) is 3.35. The van der Waals surface area contributed by atoms with E-state index in [4.69, 9.17) is 5.26 Å². The lowest BCUT2D eigenvalue weighted by Gasteiger charge is -2.27. The summed E-state index contributed by atoms with van der Waals surface area (Å²) in [4.78, 5) is 0.228. The summed E-state index contributed by atoms with van der Waals surface area (Å²) < 4.78 is 23.1. The molecule has 0 spiro atoms. The first kappa shape index (κ1) is 7.13. The maximum atomic E-state index is 11.2. The summed E-state index contributed by atoms with van der Waals surface area (Å²) in [6, 6.07) is 6.40. The number of benzene rings is 1. The standard InChI is InChI=1S/C7H4N2O2S/c8-5-9-6-3-1-2-4-7(6)12(9,10)11/h1-4H. The predicted octanol–water partition coefficient (Wildman–Crippen LogP) is 0.676. The Morgan fingerprint density at radius 1 is 1.33 bits per heavy atom. The number of hydrogen-bond acceptors (Lipinski definition) is 3. The second-order valence-corrected chi connectivity index (χ2v) is 4.09. The van der Waals surface area contributed by atoms with Gasteiger partial charge in [-0.15, -0.1) is 0 Å². The summed E-state index contributed by atoms with van der Waals surface area (Å²) in [5, 5.41) is 8.47. The predicted molar refractivity (Wildman–Crippen MR) is 41.7 cm³/mol. The molecule has 0 radical (unpaired) electrons. The Hall–Kier alpha value is -1.54. The molecule has 0 saturated carbocycles. The monoisotopic (exact) mass is 180 g/mol. The van der Waals surface area contributed by atoms with E-state index in [0.717, 1.165) is 0 Å². The van der Waals surface area contributed by atoms with Gasteiger partial charge in [-0.1, -0.05) is 12.1 Å². The molecule has 1 aromatic carbocycles. The van der Waals surface area contributed by atoms with Gasteiger partial charge in [-0.25, -0.2) is 0 Å². The van der Waals surface area contributed by atoms with E-state index in [1.54, 1.807) is 24.4 Å². The number of sulfonamides is 1. The molecule has 1 aliphatic heterocycles. The van der Waals surface area contributed by atoms with E-state index in [-0.39, 0.29) is 4.90 Å². The van der Waals surface area contributed by atoms with E-state index in [1.807, 2.05) is 0 Å². The Morgan fingerprint density at radius 2 is 2.00 bits per heavy atom. The van der Waals surface area contributed by atoms with Crippen LogP contribution in [0.3, 0.4) is 0 Å². The van der Waals surface area contributed by atoms with Crippen molar-refractivity contribution in [2.24, 2.45) is 0 Å². The molecule has 0 saturated heterocycles. The molecule has 0 fully saturated rings. The average Bonchev–Trinajstić information content (AvgIpc) is 2.05. The SMILES string of the molecule is N#CN1c2ccccc2S1(=O)=O. The van der Waals surface area contributed by atoms with Gasteiger partial charge in [0.1, 0.15) is 4.90 Å². The van der Waals surface area contributed by atoms with Crippen molar-refractivity contribution in [1.29, 1.82) is 5.26 Å². The fourth-order valence-electron chi connectivity index (χ4n) is 1.14. The topological polar surface area (TPSA) is 61.2 Å². The average molecular weight is 180 g/mol. The first-order valence-corrected chi connectivity index (χ1v) is 4.66. The van der Waals surface area contributed by atoms with Crippen LogP contribution in [0, 0.1) is 11.5 Å². The van der Waals surface area contributed by atoms with E-state index in [9.17, 15) is 8.42 Å². The van der Waals surface area contributed by atoms with Crippen LogP contribution >= 0.6 is 0 Å². The number of nitriles is 1. The van der Waals surface area contributed by atoms with Crippen LogP contribution in [0.4, 0.5) is 5.69 Å². The Bertz CT molecular complexity index is 472. The molecular weight excluding hydrogens is 176 g/mol. The quantitative estimate of drug-likeness (QED) is 0.551. The number of rotatable bonds is 0. The van der Waals surface area contributed by atoms with E-state index in [1.165, 1.54) is 6.07 Å². The van der Waals surface area contributed by atoms with Gasteiger partial charge in [-0.2, -0.15) is 18.0 Å². The Labute approximate surface area is 69.7 Å². The molecule has 0 atom stereocenters. The van der Waals surface area contributed by atoms with Gasteiger partial charge in [0.05, 0.1) is 5.69 Å². The lowest BCUT2D eigenvalue weighted by Crippen LogP contribution is -2.35. The molecule has 1 aromatic rings. The number of fused-ring (bicyclic) bond motifs is 1. The molecule has 2 rings (SSSR count). The maximum Gasteiger partial charge on any atom is 0.279 e. The summed E-state index contributed by atoms with van der Waals surface area (Å²) in [6.45, 7) is 0. The van der Waals surface area contributed by atoms with Crippen molar-refractivity contribution in [3.63, 3.8) is 0 Å². The van der Waals surface area contributed by atoms with Crippen molar-refractivity contribution in [2.75, 3.05) is 4.31 Å². The van der Waals surface area contributed by atoms with Crippen LogP contribution in [0.15, 0.2) is 29.2 Å². The Morgan fingerprint density at radius 3 is 2.67 bits per heavy atom. The first-order valence-electron chi connectivity index (χ1n) is 3.22. The fraction of sp³-hybridized carbons (Fsp3) is 0. The molecule has 60 valence electrons. The smallest absolute Gasteiger partial charge is 0.200 e. The van der Waals surface area contributed by atoms with Crippen LogP contribution in [-0.2, 0) is 10.0 Å². The molecule has 0 bridgehead atoms. The second kappa shape index (κ2) is 1.99. The van der Waals surface area contributed by atoms with Crippen LogP contribution in [0.25, 0.3) is 0 Å². The lowest BCUT2D eigenvalue weighted by molar-refractivity contribution is 0.590. The molecular formula is C7H4N2O2S. The highest BCUT2D eigenvalue weighted by Gasteiger charge is 2.39. The maximum absolute atomic E-state index is 11.2. The molecule has 1 aliphatic rings. The fourth-order valence-corrected chi connectivity index (χ4v) is 2.40. The second-order valence-electron chi connectivity index (χ2n) is 2.34. The van der Waals surface area contributed by atoms with Gasteiger partial charge in [-0.3, -0.25) is 0 Å². The molecule has 0 aromatic heterocycles. The zero-order chi connectivity index (χ0) is 8.77. The summed E-state index contributed by atoms with van der Waals surface area (Å²) >= 11 is 0. The third-order valence-electron chi connectivity index (χ3n) is 1.69. The summed E-state index contributed by atoms with van der Waals surface area (Å²) in [7, 11) is -3.46. The highest BCUT2D eigenvalue weighted by molar-refractivity contribution is 7.95. The highest BCUT2D eigenvalue weighted by atomic mass is 32.2. The minimum Gasteiger partial charge on any atom is -0.200 e. The van der Waals surface area contributed by atoms with Crippen LogP contribution in [0.5, 0.6) is 0 Å². The van der Waals surface area contributed by atoms with Crippen LogP contribution in [-0.4, -0.2) is 8.42 Å². The third kappa shape index (κ3) is 0.624. The number of anilines is 1. The molecule has 0 aliphatic carbocycles. The molecule has 12 heavy (non-hydrogen) atoms. The Balaban J connectivity index is 2.74. The van der Waals surface area contributed by atoms with Gasteiger partial charge in [0.25, 0.3) is 10.0 Å². The summed E-state index contributed by atoms with van der Waals surface area (Å²) in [5.41, 5.74) is 0.458. The molecule has 5 heteroatoms. The highest BCUT2D eigenvalue weighted by Crippen LogP contribution is 2.38. The summed E-state index contributed by atoms with van der Waals surface area (Å²) in [5.74, 6) is 0. The van der Waals surface area contributed by atoms with Gasteiger partial charge in [0, 0.05) is 0 Å². The molecule has 0 unspecified atom stereocenters.